The Morgan fingerprint density at radius 2 is 2.00 bits per heavy atom. The van der Waals surface area contributed by atoms with Crippen molar-refractivity contribution in [1.29, 1.82) is 0 Å². The number of rotatable bonds is 6. The molecule has 1 amide bonds. The quantitative estimate of drug-likeness (QED) is 0.879. The maximum atomic E-state index is 12.8. The van der Waals surface area contributed by atoms with E-state index in [1.54, 1.807) is 6.92 Å². The van der Waals surface area contributed by atoms with Crippen LogP contribution >= 0.6 is 0 Å². The summed E-state index contributed by atoms with van der Waals surface area (Å²) in [5, 5.41) is 9.10. The number of carboxylic acids is 1. The Balaban J connectivity index is 1.68. The van der Waals surface area contributed by atoms with Crippen molar-refractivity contribution in [3.05, 3.63) is 35.4 Å². The van der Waals surface area contributed by atoms with Crippen LogP contribution in [0.15, 0.2) is 24.3 Å². The van der Waals surface area contributed by atoms with Gasteiger partial charge in [-0.25, -0.2) is 0 Å². The molecule has 0 saturated heterocycles. The van der Waals surface area contributed by atoms with Crippen LogP contribution in [0, 0.1) is 18.8 Å². The molecular formula is C18H23NO3. The molecule has 0 radical (unpaired) electrons. The molecule has 3 unspecified atom stereocenters. The summed E-state index contributed by atoms with van der Waals surface area (Å²) in [5.41, 5.74) is 2.50. The smallest absolute Gasteiger partial charge is 0.308 e. The third-order valence-corrected chi connectivity index (χ3v) is 4.86. The van der Waals surface area contributed by atoms with Crippen LogP contribution in [-0.2, 0) is 9.59 Å². The summed E-state index contributed by atoms with van der Waals surface area (Å²) in [4.78, 5) is 25.7. The summed E-state index contributed by atoms with van der Waals surface area (Å²) >= 11 is 0. The molecule has 2 aliphatic carbocycles. The predicted octanol–water partition coefficient (Wildman–Crippen LogP) is 2.81. The van der Waals surface area contributed by atoms with Crippen molar-refractivity contribution in [2.24, 2.45) is 11.8 Å². The van der Waals surface area contributed by atoms with Gasteiger partial charge in [0.25, 0.3) is 0 Å². The fraction of sp³-hybridized carbons (Fsp3) is 0.556. The van der Waals surface area contributed by atoms with E-state index in [1.165, 1.54) is 11.1 Å². The van der Waals surface area contributed by atoms with Crippen molar-refractivity contribution in [2.45, 2.75) is 45.1 Å². The SMILES string of the molecule is Cc1ccccc1C1CC1C(=O)N(CC(C)C(=O)O)C1CC1. The first-order chi connectivity index (χ1) is 10.5. The first-order valence-electron chi connectivity index (χ1n) is 8.08. The van der Waals surface area contributed by atoms with Crippen LogP contribution in [0.25, 0.3) is 0 Å². The van der Waals surface area contributed by atoms with Crippen molar-refractivity contribution in [2.75, 3.05) is 6.54 Å². The second kappa shape index (κ2) is 5.75. The zero-order chi connectivity index (χ0) is 15.9. The first-order valence-corrected chi connectivity index (χ1v) is 8.08. The van der Waals surface area contributed by atoms with Gasteiger partial charge in [-0.05, 0) is 43.2 Å². The van der Waals surface area contributed by atoms with Gasteiger partial charge in [-0.3, -0.25) is 9.59 Å². The Morgan fingerprint density at radius 1 is 1.32 bits per heavy atom. The molecule has 118 valence electrons. The Morgan fingerprint density at radius 3 is 2.59 bits per heavy atom. The van der Waals surface area contributed by atoms with Gasteiger partial charge in [0, 0.05) is 18.5 Å². The molecule has 1 aromatic rings. The number of carboxylic acid groups (broad SMARTS) is 1. The highest BCUT2D eigenvalue weighted by molar-refractivity contribution is 5.84. The van der Waals surface area contributed by atoms with Crippen LogP contribution < -0.4 is 0 Å². The van der Waals surface area contributed by atoms with Gasteiger partial charge in [0.2, 0.25) is 5.91 Å². The Kier molecular flexibility index (Phi) is 3.94. The van der Waals surface area contributed by atoms with Gasteiger partial charge in [-0.15, -0.1) is 0 Å². The predicted molar refractivity (Wildman–Crippen MR) is 83.6 cm³/mol. The lowest BCUT2D eigenvalue weighted by atomic mass is 10.0. The number of aliphatic carboxylic acids is 1. The van der Waals surface area contributed by atoms with Gasteiger partial charge in [0.15, 0.2) is 0 Å². The number of carbonyl (C=O) groups is 2. The largest absolute Gasteiger partial charge is 0.481 e. The lowest BCUT2D eigenvalue weighted by molar-refractivity contribution is -0.143. The molecule has 2 fully saturated rings. The van der Waals surface area contributed by atoms with E-state index in [-0.39, 0.29) is 17.9 Å². The van der Waals surface area contributed by atoms with Crippen molar-refractivity contribution in [3.63, 3.8) is 0 Å². The van der Waals surface area contributed by atoms with Gasteiger partial charge in [0.1, 0.15) is 0 Å². The average molecular weight is 301 g/mol. The molecule has 3 atom stereocenters. The molecule has 0 heterocycles. The fourth-order valence-electron chi connectivity index (χ4n) is 3.21. The van der Waals surface area contributed by atoms with E-state index in [2.05, 4.69) is 19.1 Å². The van der Waals surface area contributed by atoms with Gasteiger partial charge >= 0.3 is 5.97 Å². The molecule has 2 saturated carbocycles. The molecule has 3 rings (SSSR count). The lowest BCUT2D eigenvalue weighted by Crippen LogP contribution is -2.39. The number of hydrogen-bond acceptors (Lipinski definition) is 2. The van der Waals surface area contributed by atoms with Crippen LogP contribution in [0.4, 0.5) is 0 Å². The number of nitrogens with zero attached hydrogens (tertiary/aromatic N) is 1. The van der Waals surface area contributed by atoms with Gasteiger partial charge < -0.3 is 10.0 Å². The van der Waals surface area contributed by atoms with E-state index < -0.39 is 11.9 Å². The minimum atomic E-state index is -0.829. The molecule has 22 heavy (non-hydrogen) atoms. The molecule has 0 spiro atoms. The highest BCUT2D eigenvalue weighted by atomic mass is 16.4. The minimum absolute atomic E-state index is 0.0442. The Labute approximate surface area is 131 Å². The second-order valence-electron chi connectivity index (χ2n) is 6.77. The van der Waals surface area contributed by atoms with Crippen LogP contribution in [0.2, 0.25) is 0 Å². The van der Waals surface area contributed by atoms with Crippen molar-refractivity contribution >= 4 is 11.9 Å². The number of amides is 1. The first kappa shape index (κ1) is 15.1. The number of aryl methyl sites for hydroxylation is 1. The third-order valence-electron chi connectivity index (χ3n) is 4.86. The fourth-order valence-corrected chi connectivity index (χ4v) is 3.21. The third kappa shape index (κ3) is 3.01. The van der Waals surface area contributed by atoms with Crippen LogP contribution in [0.3, 0.4) is 0 Å². The summed E-state index contributed by atoms with van der Waals surface area (Å²) in [5.74, 6) is -0.813. The monoisotopic (exact) mass is 301 g/mol. The van der Waals surface area contributed by atoms with Crippen LogP contribution in [0.5, 0.6) is 0 Å². The van der Waals surface area contributed by atoms with Crippen molar-refractivity contribution in [3.8, 4) is 0 Å². The zero-order valence-electron chi connectivity index (χ0n) is 13.2. The number of carbonyl (C=O) groups excluding carboxylic acids is 1. The minimum Gasteiger partial charge on any atom is -0.481 e. The van der Waals surface area contributed by atoms with E-state index in [0.717, 1.165) is 19.3 Å². The van der Waals surface area contributed by atoms with Crippen molar-refractivity contribution < 1.29 is 14.7 Å². The van der Waals surface area contributed by atoms with E-state index in [1.807, 2.05) is 17.0 Å². The number of benzene rings is 1. The zero-order valence-corrected chi connectivity index (χ0v) is 13.2. The van der Waals surface area contributed by atoms with Crippen LogP contribution in [-0.4, -0.2) is 34.5 Å². The summed E-state index contributed by atoms with van der Waals surface area (Å²) in [7, 11) is 0. The Bertz CT molecular complexity index is 594. The lowest BCUT2D eigenvalue weighted by Gasteiger charge is -2.24. The summed E-state index contributed by atoms with van der Waals surface area (Å²) < 4.78 is 0. The topological polar surface area (TPSA) is 57.6 Å². The number of hydrogen-bond donors (Lipinski definition) is 1. The molecule has 0 bridgehead atoms. The van der Waals surface area contributed by atoms with E-state index >= 15 is 0 Å². The van der Waals surface area contributed by atoms with Crippen LogP contribution in [0.1, 0.15) is 43.2 Å². The summed E-state index contributed by atoms with van der Waals surface area (Å²) in [6, 6.07) is 8.50. The molecule has 0 aliphatic heterocycles. The van der Waals surface area contributed by atoms with E-state index in [0.29, 0.717) is 12.5 Å². The standard InChI is InChI=1S/C18H23NO3/c1-11-5-3-4-6-14(11)15-9-16(15)17(20)19(13-7-8-13)10-12(2)18(21)22/h3-6,12-13,15-16H,7-10H2,1-2H3,(H,21,22). The molecule has 1 aromatic carbocycles. The highest BCUT2D eigenvalue weighted by Crippen LogP contribution is 2.50. The van der Waals surface area contributed by atoms with Gasteiger partial charge in [-0.2, -0.15) is 0 Å². The normalized spacial score (nSPS) is 24.6. The molecule has 0 aromatic heterocycles. The second-order valence-corrected chi connectivity index (χ2v) is 6.77. The van der Waals surface area contributed by atoms with Crippen molar-refractivity contribution in [1.82, 2.24) is 4.90 Å². The summed E-state index contributed by atoms with van der Waals surface area (Å²) in [6.07, 6.45) is 2.92. The average Bonchev–Trinajstić information content (AvgIpc) is 3.37. The maximum absolute atomic E-state index is 12.8. The molecule has 4 heteroatoms. The van der Waals surface area contributed by atoms with Gasteiger partial charge in [-0.1, -0.05) is 31.2 Å². The molecule has 1 N–H and O–H groups in total. The molecular weight excluding hydrogens is 278 g/mol. The Hall–Kier alpha value is -1.84. The van der Waals surface area contributed by atoms with E-state index in [9.17, 15) is 9.59 Å². The maximum Gasteiger partial charge on any atom is 0.308 e. The van der Waals surface area contributed by atoms with Gasteiger partial charge in [0.05, 0.1) is 5.92 Å². The molecule has 2 aliphatic rings. The van der Waals surface area contributed by atoms with E-state index in [4.69, 9.17) is 5.11 Å². The highest BCUT2D eigenvalue weighted by Gasteiger charge is 2.48. The summed E-state index contributed by atoms with van der Waals surface area (Å²) in [6.45, 7) is 4.10. The molecule has 4 nitrogen and oxygen atoms in total.